The monoisotopic (exact) mass is 381 g/mol. The van der Waals surface area contributed by atoms with Gasteiger partial charge < -0.3 is 5.11 Å². The second kappa shape index (κ2) is 6.76. The summed E-state index contributed by atoms with van der Waals surface area (Å²) in [5, 5.41) is 8.67. The Morgan fingerprint density at radius 1 is 1.09 bits per heavy atom. The third kappa shape index (κ3) is 4.19. The Kier molecular flexibility index (Phi) is 4.99. The molecule has 0 bridgehead atoms. The summed E-state index contributed by atoms with van der Waals surface area (Å²) in [5.74, 6) is -1.15. The van der Waals surface area contributed by atoms with E-state index in [1.165, 1.54) is 18.2 Å². The first kappa shape index (κ1) is 16.3. The van der Waals surface area contributed by atoms with Gasteiger partial charge in [-0.25, -0.2) is 13.2 Å². The third-order valence-electron chi connectivity index (χ3n) is 2.71. The van der Waals surface area contributed by atoms with E-state index in [0.29, 0.717) is 11.3 Å². The SMILES string of the molecule is O=C(O)C=Cc1ccccc1S(=O)(=O)Nc1ccc(Br)cc1. The molecule has 22 heavy (non-hydrogen) atoms. The highest BCUT2D eigenvalue weighted by Gasteiger charge is 2.17. The summed E-state index contributed by atoms with van der Waals surface area (Å²) in [6.45, 7) is 0. The van der Waals surface area contributed by atoms with E-state index in [0.717, 1.165) is 10.5 Å². The van der Waals surface area contributed by atoms with Crippen LogP contribution in [0.2, 0.25) is 0 Å². The molecule has 5 nitrogen and oxygen atoms in total. The van der Waals surface area contributed by atoms with Gasteiger partial charge in [-0.1, -0.05) is 34.1 Å². The van der Waals surface area contributed by atoms with E-state index in [4.69, 9.17) is 5.11 Å². The maximum Gasteiger partial charge on any atom is 0.328 e. The number of hydrogen-bond acceptors (Lipinski definition) is 3. The van der Waals surface area contributed by atoms with Crippen LogP contribution in [0.15, 0.2) is 64.0 Å². The molecule has 2 aromatic carbocycles. The number of aliphatic carboxylic acids is 1. The van der Waals surface area contributed by atoms with E-state index in [9.17, 15) is 13.2 Å². The Morgan fingerprint density at radius 2 is 1.73 bits per heavy atom. The number of anilines is 1. The van der Waals surface area contributed by atoms with Crippen LogP contribution in [-0.4, -0.2) is 19.5 Å². The Morgan fingerprint density at radius 3 is 2.36 bits per heavy atom. The van der Waals surface area contributed by atoms with Gasteiger partial charge in [0.15, 0.2) is 0 Å². The maximum atomic E-state index is 12.4. The molecule has 0 saturated heterocycles. The lowest BCUT2D eigenvalue weighted by Crippen LogP contribution is -2.14. The van der Waals surface area contributed by atoms with Crippen molar-refractivity contribution < 1.29 is 18.3 Å². The summed E-state index contributed by atoms with van der Waals surface area (Å²) < 4.78 is 28.2. The zero-order chi connectivity index (χ0) is 16.2. The van der Waals surface area contributed by atoms with Crippen LogP contribution in [-0.2, 0) is 14.8 Å². The smallest absolute Gasteiger partial charge is 0.328 e. The fourth-order valence-electron chi connectivity index (χ4n) is 1.75. The number of nitrogens with one attached hydrogen (secondary N) is 1. The van der Waals surface area contributed by atoms with Gasteiger partial charge in [-0.2, -0.15) is 0 Å². The van der Waals surface area contributed by atoms with E-state index >= 15 is 0 Å². The van der Waals surface area contributed by atoms with Crippen LogP contribution in [0.25, 0.3) is 6.08 Å². The van der Waals surface area contributed by atoms with E-state index in [1.54, 1.807) is 36.4 Å². The van der Waals surface area contributed by atoms with Crippen molar-refractivity contribution in [3.05, 3.63) is 64.6 Å². The Bertz CT molecular complexity index is 814. The van der Waals surface area contributed by atoms with Crippen LogP contribution in [0.4, 0.5) is 5.69 Å². The number of carboxylic acids is 1. The molecule has 0 saturated carbocycles. The standard InChI is InChI=1S/C15H12BrNO4S/c16-12-6-8-13(9-7-12)17-22(20,21)14-4-2-1-3-11(14)5-10-15(18)19/h1-10,17H,(H,18,19). The maximum absolute atomic E-state index is 12.4. The van der Waals surface area contributed by atoms with Crippen molar-refractivity contribution >= 4 is 43.7 Å². The van der Waals surface area contributed by atoms with Gasteiger partial charge in [-0.05, 0) is 42.0 Å². The highest BCUT2D eigenvalue weighted by Crippen LogP contribution is 2.22. The van der Waals surface area contributed by atoms with Crippen molar-refractivity contribution in [1.82, 2.24) is 0 Å². The van der Waals surface area contributed by atoms with Crippen molar-refractivity contribution in [2.45, 2.75) is 4.90 Å². The molecule has 0 fully saturated rings. The van der Waals surface area contributed by atoms with Gasteiger partial charge in [0.1, 0.15) is 0 Å². The molecule has 7 heteroatoms. The molecule has 2 aromatic rings. The predicted molar refractivity (Wildman–Crippen MR) is 88.1 cm³/mol. The lowest BCUT2D eigenvalue weighted by atomic mass is 10.2. The number of benzene rings is 2. The van der Waals surface area contributed by atoms with Gasteiger partial charge in [0.2, 0.25) is 0 Å². The molecule has 0 aliphatic carbocycles. The summed E-state index contributed by atoms with van der Waals surface area (Å²) in [7, 11) is -3.81. The van der Waals surface area contributed by atoms with Crippen molar-refractivity contribution in [3.8, 4) is 0 Å². The molecule has 0 amide bonds. The largest absolute Gasteiger partial charge is 0.478 e. The van der Waals surface area contributed by atoms with Crippen LogP contribution in [0.1, 0.15) is 5.56 Å². The number of rotatable bonds is 5. The minimum absolute atomic E-state index is 0.00965. The fraction of sp³-hybridized carbons (Fsp3) is 0. The minimum Gasteiger partial charge on any atom is -0.478 e. The summed E-state index contributed by atoms with van der Waals surface area (Å²) in [4.78, 5) is 10.6. The quantitative estimate of drug-likeness (QED) is 0.777. The summed E-state index contributed by atoms with van der Waals surface area (Å²) in [5.41, 5.74) is 0.717. The molecule has 0 unspecified atom stereocenters. The lowest BCUT2D eigenvalue weighted by molar-refractivity contribution is -0.131. The Hall–Kier alpha value is -2.12. The first-order chi connectivity index (χ1) is 10.4. The minimum atomic E-state index is -3.81. The summed E-state index contributed by atoms with van der Waals surface area (Å²) in [6.07, 6.45) is 2.15. The molecule has 0 atom stereocenters. The number of halogens is 1. The Labute approximate surface area is 136 Å². The molecule has 0 aliphatic rings. The van der Waals surface area contributed by atoms with Crippen molar-refractivity contribution in [3.63, 3.8) is 0 Å². The van der Waals surface area contributed by atoms with Crippen molar-refractivity contribution in [1.29, 1.82) is 0 Å². The fourth-order valence-corrected chi connectivity index (χ4v) is 3.28. The highest BCUT2D eigenvalue weighted by atomic mass is 79.9. The lowest BCUT2D eigenvalue weighted by Gasteiger charge is -2.10. The first-order valence-corrected chi connectivity index (χ1v) is 8.44. The highest BCUT2D eigenvalue weighted by molar-refractivity contribution is 9.10. The number of sulfonamides is 1. The summed E-state index contributed by atoms with van der Waals surface area (Å²) in [6, 6.07) is 12.9. The van der Waals surface area contributed by atoms with Gasteiger partial charge in [-0.3, -0.25) is 4.72 Å². The normalized spacial score (nSPS) is 11.5. The molecule has 2 rings (SSSR count). The second-order valence-electron chi connectivity index (χ2n) is 4.32. The molecular formula is C15H12BrNO4S. The van der Waals surface area contributed by atoms with Gasteiger partial charge >= 0.3 is 5.97 Å². The van der Waals surface area contributed by atoms with Gasteiger partial charge in [-0.15, -0.1) is 0 Å². The van der Waals surface area contributed by atoms with Gasteiger partial charge in [0, 0.05) is 16.2 Å². The zero-order valence-electron chi connectivity index (χ0n) is 11.2. The van der Waals surface area contributed by atoms with E-state index in [-0.39, 0.29) is 4.90 Å². The molecule has 2 N–H and O–H groups in total. The van der Waals surface area contributed by atoms with Gasteiger partial charge in [0.05, 0.1) is 4.90 Å². The average molecular weight is 382 g/mol. The van der Waals surface area contributed by atoms with Crippen LogP contribution in [0, 0.1) is 0 Å². The molecular weight excluding hydrogens is 370 g/mol. The van der Waals surface area contributed by atoms with Crippen molar-refractivity contribution in [2.24, 2.45) is 0 Å². The van der Waals surface area contributed by atoms with E-state index in [2.05, 4.69) is 20.7 Å². The van der Waals surface area contributed by atoms with E-state index in [1.807, 2.05) is 0 Å². The van der Waals surface area contributed by atoms with Crippen molar-refractivity contribution in [2.75, 3.05) is 4.72 Å². The third-order valence-corrected chi connectivity index (χ3v) is 4.69. The average Bonchev–Trinajstić information content (AvgIpc) is 2.47. The Balaban J connectivity index is 2.37. The predicted octanol–water partition coefficient (Wildman–Crippen LogP) is 3.35. The molecule has 0 radical (unpaired) electrons. The first-order valence-electron chi connectivity index (χ1n) is 6.17. The molecule has 114 valence electrons. The zero-order valence-corrected chi connectivity index (χ0v) is 13.6. The number of hydrogen-bond donors (Lipinski definition) is 2. The molecule has 0 aliphatic heterocycles. The van der Waals surface area contributed by atoms with Crippen LogP contribution < -0.4 is 4.72 Å². The van der Waals surface area contributed by atoms with Crippen LogP contribution in [0.5, 0.6) is 0 Å². The topological polar surface area (TPSA) is 83.5 Å². The summed E-state index contributed by atoms with van der Waals surface area (Å²) >= 11 is 3.27. The molecule has 0 aromatic heterocycles. The molecule has 0 spiro atoms. The second-order valence-corrected chi connectivity index (χ2v) is 6.89. The van der Waals surface area contributed by atoms with Gasteiger partial charge in [0.25, 0.3) is 10.0 Å². The van der Waals surface area contributed by atoms with E-state index < -0.39 is 16.0 Å². The van der Waals surface area contributed by atoms with Crippen LogP contribution in [0.3, 0.4) is 0 Å². The molecule has 0 heterocycles. The number of carbonyl (C=O) groups is 1. The van der Waals surface area contributed by atoms with Crippen LogP contribution >= 0.6 is 15.9 Å². The number of carboxylic acid groups (broad SMARTS) is 1.